The molecule has 2 amide bonds. The molecule has 2 heterocycles. The molecule has 0 saturated heterocycles. The van der Waals surface area contributed by atoms with Crippen molar-refractivity contribution in [3.05, 3.63) is 66.3 Å². The molecular weight excluding hydrogens is 346 g/mol. The Labute approximate surface area is 155 Å². The predicted octanol–water partition coefficient (Wildman–Crippen LogP) is 2.47. The second-order valence-corrected chi connectivity index (χ2v) is 6.97. The number of para-hydroxylation sites is 1. The Balaban J connectivity index is 0.000000134. The number of carbonyl (C=O) groups excluding carboxylic acids is 4. The minimum Gasteiger partial charge on any atom is -0.386 e. The average Bonchev–Trinajstić information content (AvgIpc) is 3.42. The van der Waals surface area contributed by atoms with Gasteiger partial charge in [-0.1, -0.05) is 30.4 Å². The Morgan fingerprint density at radius 1 is 1.00 bits per heavy atom. The largest absolute Gasteiger partial charge is 0.386 e. The molecule has 4 aliphatic rings. The van der Waals surface area contributed by atoms with Gasteiger partial charge in [-0.15, -0.1) is 0 Å². The molecule has 0 N–H and O–H groups in total. The van der Waals surface area contributed by atoms with E-state index in [0.717, 1.165) is 24.2 Å². The molecule has 5 rings (SSSR count). The maximum Gasteiger partial charge on any atom is 0.343 e. The van der Waals surface area contributed by atoms with Gasteiger partial charge in [-0.2, -0.15) is 0 Å². The van der Waals surface area contributed by atoms with E-state index < -0.39 is 11.9 Å². The van der Waals surface area contributed by atoms with Crippen LogP contribution in [0.25, 0.3) is 0 Å². The summed E-state index contributed by atoms with van der Waals surface area (Å²) in [5.74, 6) is -0.919. The molecular formula is C21H17NO5. The second-order valence-electron chi connectivity index (χ2n) is 6.97. The van der Waals surface area contributed by atoms with Crippen molar-refractivity contribution in [2.75, 3.05) is 4.90 Å². The van der Waals surface area contributed by atoms with E-state index in [2.05, 4.69) is 16.9 Å². The molecule has 136 valence electrons. The number of benzene rings is 1. The van der Waals surface area contributed by atoms with Gasteiger partial charge in [0.05, 0.1) is 11.3 Å². The van der Waals surface area contributed by atoms with Gasteiger partial charge in [0.1, 0.15) is 0 Å². The van der Waals surface area contributed by atoms with E-state index in [1.165, 1.54) is 18.2 Å². The molecule has 2 atom stereocenters. The number of carbonyl (C=O) groups is 4. The third-order valence-corrected chi connectivity index (χ3v) is 5.31. The monoisotopic (exact) mass is 363 g/mol. The third-order valence-electron chi connectivity index (χ3n) is 5.31. The molecule has 6 nitrogen and oxygen atoms in total. The number of ether oxygens (including phenoxy) is 1. The first kappa shape index (κ1) is 17.1. The summed E-state index contributed by atoms with van der Waals surface area (Å²) in [5, 5.41) is 0. The number of imide groups is 1. The number of fused-ring (bicyclic) bond motifs is 2. The lowest BCUT2D eigenvalue weighted by atomic mass is 9.80. The van der Waals surface area contributed by atoms with E-state index in [1.54, 1.807) is 24.3 Å². The summed E-state index contributed by atoms with van der Waals surface area (Å²) in [4.78, 5) is 45.9. The second kappa shape index (κ2) is 6.46. The van der Waals surface area contributed by atoms with Crippen LogP contribution in [0, 0.1) is 11.3 Å². The number of cyclic esters (lactones) is 2. The van der Waals surface area contributed by atoms with E-state index in [0.29, 0.717) is 17.2 Å². The lowest BCUT2D eigenvalue weighted by Gasteiger charge is -2.22. The summed E-state index contributed by atoms with van der Waals surface area (Å²) in [6, 6.07) is 8.86. The van der Waals surface area contributed by atoms with Gasteiger partial charge in [-0.25, -0.2) is 14.5 Å². The van der Waals surface area contributed by atoms with Crippen LogP contribution in [-0.4, -0.2) is 23.8 Å². The molecule has 2 unspecified atom stereocenters. The highest BCUT2D eigenvalue weighted by molar-refractivity contribution is 6.28. The van der Waals surface area contributed by atoms with E-state index in [-0.39, 0.29) is 17.2 Å². The van der Waals surface area contributed by atoms with Crippen LogP contribution in [0.1, 0.15) is 19.3 Å². The molecule has 27 heavy (non-hydrogen) atoms. The van der Waals surface area contributed by atoms with Gasteiger partial charge in [0.25, 0.3) is 11.8 Å². The van der Waals surface area contributed by atoms with Crippen molar-refractivity contribution in [1.29, 1.82) is 0 Å². The van der Waals surface area contributed by atoms with Gasteiger partial charge in [-0.3, -0.25) is 9.59 Å². The van der Waals surface area contributed by atoms with E-state index in [1.807, 2.05) is 6.07 Å². The molecule has 2 aliphatic carbocycles. The number of hydrogen-bond donors (Lipinski definition) is 0. The van der Waals surface area contributed by atoms with Crippen LogP contribution in [0.3, 0.4) is 0 Å². The van der Waals surface area contributed by atoms with Crippen LogP contribution in [0.15, 0.2) is 66.3 Å². The van der Waals surface area contributed by atoms with E-state index in [4.69, 9.17) is 0 Å². The summed E-state index contributed by atoms with van der Waals surface area (Å²) in [5.41, 5.74) is 1.01. The zero-order valence-corrected chi connectivity index (χ0v) is 14.5. The molecule has 2 bridgehead atoms. The molecule has 1 saturated carbocycles. The molecule has 0 spiro atoms. The maximum atomic E-state index is 11.4. The first-order chi connectivity index (χ1) is 13.0. The van der Waals surface area contributed by atoms with Gasteiger partial charge < -0.3 is 4.74 Å². The fraction of sp³-hybridized carbons (Fsp3) is 0.238. The lowest BCUT2D eigenvalue weighted by molar-refractivity contribution is -0.151. The van der Waals surface area contributed by atoms with Crippen LogP contribution >= 0.6 is 0 Å². The number of anilines is 1. The van der Waals surface area contributed by atoms with Crippen molar-refractivity contribution >= 4 is 29.4 Å². The molecule has 1 aromatic rings. The Hall–Kier alpha value is -3.28. The average molecular weight is 363 g/mol. The number of rotatable bonds is 2. The maximum absolute atomic E-state index is 11.4. The molecule has 0 radical (unpaired) electrons. The minimum atomic E-state index is -0.511. The molecule has 2 aliphatic heterocycles. The number of hydrogen-bond acceptors (Lipinski definition) is 5. The number of nitrogens with zero attached hydrogens (tertiary/aromatic N) is 1. The Morgan fingerprint density at radius 3 is 2.19 bits per heavy atom. The van der Waals surface area contributed by atoms with Gasteiger partial charge in [-0.05, 0) is 37.3 Å². The van der Waals surface area contributed by atoms with Crippen molar-refractivity contribution in [2.24, 2.45) is 11.3 Å². The van der Waals surface area contributed by atoms with Gasteiger partial charge in [0, 0.05) is 23.6 Å². The summed E-state index contributed by atoms with van der Waals surface area (Å²) in [6.45, 7) is 0. The molecule has 0 aromatic heterocycles. The van der Waals surface area contributed by atoms with Gasteiger partial charge >= 0.3 is 11.9 Å². The van der Waals surface area contributed by atoms with Gasteiger partial charge in [0.15, 0.2) is 0 Å². The first-order valence-corrected chi connectivity index (χ1v) is 8.77. The smallest absolute Gasteiger partial charge is 0.343 e. The van der Waals surface area contributed by atoms with Crippen molar-refractivity contribution in [3.8, 4) is 0 Å². The SMILES string of the molecule is O=C1C=C(C23C=CC(CC2)C3)C(=O)O1.O=C1C=CC(=O)N1c1ccccc1. The quantitative estimate of drug-likeness (QED) is 0.349. The van der Waals surface area contributed by atoms with Crippen LogP contribution in [0.4, 0.5) is 5.69 Å². The summed E-state index contributed by atoms with van der Waals surface area (Å²) >= 11 is 0. The summed E-state index contributed by atoms with van der Waals surface area (Å²) in [6.07, 6.45) is 11.2. The third kappa shape index (κ3) is 3.03. The lowest BCUT2D eigenvalue weighted by Crippen LogP contribution is -2.29. The normalized spacial score (nSPS) is 27.8. The summed E-state index contributed by atoms with van der Waals surface area (Å²) in [7, 11) is 0. The molecule has 1 fully saturated rings. The van der Waals surface area contributed by atoms with E-state index in [9.17, 15) is 19.2 Å². The van der Waals surface area contributed by atoms with Crippen LogP contribution in [-0.2, 0) is 23.9 Å². The highest BCUT2D eigenvalue weighted by Crippen LogP contribution is 2.54. The first-order valence-electron chi connectivity index (χ1n) is 8.77. The zero-order chi connectivity index (χ0) is 19.0. The minimum absolute atomic E-state index is 0.173. The van der Waals surface area contributed by atoms with Crippen LogP contribution in [0.2, 0.25) is 0 Å². The Morgan fingerprint density at radius 2 is 1.70 bits per heavy atom. The van der Waals surface area contributed by atoms with Crippen LogP contribution in [0.5, 0.6) is 0 Å². The Bertz CT molecular complexity index is 909. The van der Waals surface area contributed by atoms with Crippen molar-refractivity contribution in [2.45, 2.75) is 19.3 Å². The van der Waals surface area contributed by atoms with Gasteiger partial charge in [0.2, 0.25) is 0 Å². The topological polar surface area (TPSA) is 80.8 Å². The summed E-state index contributed by atoms with van der Waals surface area (Å²) < 4.78 is 4.53. The van der Waals surface area contributed by atoms with Crippen LogP contribution < -0.4 is 4.90 Å². The number of esters is 2. The molecule has 6 heteroatoms. The zero-order valence-electron chi connectivity index (χ0n) is 14.5. The highest BCUT2D eigenvalue weighted by atomic mass is 16.6. The van der Waals surface area contributed by atoms with E-state index >= 15 is 0 Å². The van der Waals surface area contributed by atoms with Crippen molar-refractivity contribution in [1.82, 2.24) is 0 Å². The predicted molar refractivity (Wildman–Crippen MR) is 96.2 cm³/mol. The number of allylic oxidation sites excluding steroid dienone is 2. The molecule has 1 aromatic carbocycles. The number of amides is 2. The van der Waals surface area contributed by atoms with Crippen molar-refractivity contribution < 1.29 is 23.9 Å². The Kier molecular flexibility index (Phi) is 4.11. The fourth-order valence-electron chi connectivity index (χ4n) is 4.02. The highest BCUT2D eigenvalue weighted by Gasteiger charge is 2.48. The standard InChI is InChI=1S/C11H10O3.C10H7NO2/c12-9-5-8(10(13)14-9)11-3-1-7(6-11)2-4-11;12-9-6-7-10(13)11(9)8-4-2-1-3-5-8/h1,3,5,7H,2,4,6H2;1-7H. The van der Waals surface area contributed by atoms with Crippen molar-refractivity contribution in [3.63, 3.8) is 0 Å². The fourth-order valence-corrected chi connectivity index (χ4v) is 4.02.